The number of tetrazole rings is 1. The van der Waals surface area contributed by atoms with E-state index in [0.29, 0.717) is 28.5 Å². The number of rotatable bonds is 8. The molecule has 3 aromatic carbocycles. The molecule has 1 fully saturated rings. The predicted octanol–water partition coefficient (Wildman–Crippen LogP) is 2.92. The van der Waals surface area contributed by atoms with Gasteiger partial charge in [-0.2, -0.15) is 4.68 Å². The van der Waals surface area contributed by atoms with Gasteiger partial charge in [-0.25, -0.2) is 9.86 Å². The highest BCUT2D eigenvalue weighted by Crippen LogP contribution is 2.30. The highest BCUT2D eigenvalue weighted by Gasteiger charge is 2.32. The Morgan fingerprint density at radius 3 is 2.49 bits per heavy atom. The average Bonchev–Trinajstić information content (AvgIpc) is 3.48. The fourth-order valence-corrected chi connectivity index (χ4v) is 4.09. The third-order valence-electron chi connectivity index (χ3n) is 5.75. The van der Waals surface area contributed by atoms with Gasteiger partial charge in [-0.1, -0.05) is 41.9 Å². The van der Waals surface area contributed by atoms with Crippen LogP contribution in [0.3, 0.4) is 0 Å². The monoisotopic (exact) mass is 550 g/mol. The zero-order chi connectivity index (χ0) is 27.2. The fraction of sp³-hybridized carbons (Fsp3) is 0.160. The molecule has 1 aliphatic heterocycles. The van der Waals surface area contributed by atoms with Crippen molar-refractivity contribution in [3.63, 3.8) is 0 Å². The average molecular weight is 551 g/mol. The van der Waals surface area contributed by atoms with Crippen molar-refractivity contribution in [1.29, 1.82) is 0 Å². The number of hydroxylamine groups is 3. The molecule has 200 valence electrons. The van der Waals surface area contributed by atoms with Crippen molar-refractivity contribution >= 4 is 35.0 Å². The van der Waals surface area contributed by atoms with E-state index in [1.165, 1.54) is 33.3 Å². The third-order valence-corrected chi connectivity index (χ3v) is 5.98. The van der Waals surface area contributed by atoms with Gasteiger partial charge < -0.3 is 15.8 Å². The van der Waals surface area contributed by atoms with E-state index < -0.39 is 12.1 Å². The van der Waals surface area contributed by atoms with Crippen molar-refractivity contribution in [3.05, 3.63) is 89.7 Å². The number of anilines is 2. The van der Waals surface area contributed by atoms with E-state index in [9.17, 15) is 9.59 Å². The summed E-state index contributed by atoms with van der Waals surface area (Å²) >= 11 is 6.24. The van der Waals surface area contributed by atoms with E-state index in [-0.39, 0.29) is 25.1 Å². The third kappa shape index (κ3) is 6.48. The first-order valence-corrected chi connectivity index (χ1v) is 12.1. The molecule has 0 aliphatic carbocycles. The minimum Gasteiger partial charge on any atom is -0.411 e. The van der Waals surface area contributed by atoms with Crippen LogP contribution >= 0.6 is 11.6 Å². The summed E-state index contributed by atoms with van der Waals surface area (Å²) in [5.74, 6) is -0.0622. The zero-order valence-corrected chi connectivity index (χ0v) is 21.1. The minimum atomic E-state index is -0.922. The number of carbonyl (C=O) groups is 2. The summed E-state index contributed by atoms with van der Waals surface area (Å²) in [4.78, 5) is 36.4. The van der Waals surface area contributed by atoms with Crippen LogP contribution < -0.4 is 20.9 Å². The molecule has 1 aromatic heterocycles. The Hall–Kier alpha value is -4.56. The Morgan fingerprint density at radius 1 is 1.03 bits per heavy atom. The van der Waals surface area contributed by atoms with E-state index in [1.807, 2.05) is 30.3 Å². The summed E-state index contributed by atoms with van der Waals surface area (Å²) in [7, 11) is 0. The lowest BCUT2D eigenvalue weighted by Gasteiger charge is -2.38. The number of nitrogens with two attached hydrogens (primary N) is 1. The van der Waals surface area contributed by atoms with Gasteiger partial charge in [0.2, 0.25) is 5.91 Å². The molecule has 0 radical (unpaired) electrons. The van der Waals surface area contributed by atoms with Gasteiger partial charge in [0.1, 0.15) is 18.1 Å². The van der Waals surface area contributed by atoms with Crippen LogP contribution in [0.25, 0.3) is 5.69 Å². The molecule has 2 amide bonds. The fourth-order valence-electron chi connectivity index (χ4n) is 3.92. The van der Waals surface area contributed by atoms with Crippen LogP contribution in [0.4, 0.5) is 16.2 Å². The van der Waals surface area contributed by atoms with Crippen molar-refractivity contribution in [3.8, 4) is 11.4 Å². The number of halogens is 1. The molecular formula is C25H23ClN8O5. The first-order chi connectivity index (χ1) is 19.0. The number of hydrogen-bond donors (Lipinski definition) is 2. The largest absolute Gasteiger partial charge is 0.411 e. The summed E-state index contributed by atoms with van der Waals surface area (Å²) < 4.78 is 6.32. The Labute approximate surface area is 227 Å². The molecule has 0 bridgehead atoms. The van der Waals surface area contributed by atoms with E-state index in [0.717, 1.165) is 5.56 Å². The molecule has 1 atom stereocenters. The van der Waals surface area contributed by atoms with Crippen molar-refractivity contribution < 1.29 is 24.0 Å². The highest BCUT2D eigenvalue weighted by molar-refractivity contribution is 6.31. The van der Waals surface area contributed by atoms with Gasteiger partial charge in [-0.3, -0.25) is 14.5 Å². The van der Waals surface area contributed by atoms with E-state index in [2.05, 4.69) is 20.8 Å². The standard InChI is InChI=1S/C25H23ClN8O5/c26-18-6-11-21(32-14-28-30-31-32)22(13-18)33-15-38-34(16-37-33)23(12-17-4-2-1-3-5-17)24(35)29-19-7-9-20(10-8-19)39-25(27)36/h1-11,13-14,23H,12,15-16H2,(H2,27,36)(H,29,35). The molecule has 0 spiro atoms. The van der Waals surface area contributed by atoms with Crippen molar-refractivity contribution in [1.82, 2.24) is 25.3 Å². The molecule has 3 N–H and O–H groups in total. The topological polar surface area (TPSA) is 150 Å². The van der Waals surface area contributed by atoms with Crippen LogP contribution in [0, 0.1) is 0 Å². The number of nitrogens with one attached hydrogen (secondary N) is 1. The zero-order valence-electron chi connectivity index (χ0n) is 20.4. The summed E-state index contributed by atoms with van der Waals surface area (Å²) in [6.07, 6.45) is 0.886. The number of amides is 2. The summed E-state index contributed by atoms with van der Waals surface area (Å²) in [6, 6.07) is 20.3. The number of aromatic nitrogens is 4. The number of hydrogen-bond acceptors (Lipinski definition) is 10. The van der Waals surface area contributed by atoms with Gasteiger partial charge in [0.15, 0.2) is 13.5 Å². The minimum absolute atomic E-state index is 0.0345. The molecule has 39 heavy (non-hydrogen) atoms. The lowest BCUT2D eigenvalue weighted by Crippen LogP contribution is -2.52. The first-order valence-electron chi connectivity index (χ1n) is 11.7. The number of carbonyl (C=O) groups excluding carboxylic acids is 2. The SMILES string of the molecule is NC(=O)Oc1ccc(NC(=O)C(Cc2ccccc2)N2CON(c3cc(Cl)ccc3-n3cnnn3)CO2)cc1. The van der Waals surface area contributed by atoms with Gasteiger partial charge in [-0.05, 0) is 64.9 Å². The quantitative estimate of drug-likeness (QED) is 0.335. The first kappa shape index (κ1) is 26.1. The molecule has 0 saturated carbocycles. The Balaban J connectivity index is 1.32. The van der Waals surface area contributed by atoms with E-state index in [4.69, 9.17) is 31.7 Å². The number of benzene rings is 3. The maximum Gasteiger partial charge on any atom is 0.409 e. The van der Waals surface area contributed by atoms with Crippen molar-refractivity contribution in [2.45, 2.75) is 12.5 Å². The summed E-state index contributed by atoms with van der Waals surface area (Å²) in [6.45, 7) is -0.0922. The Kier molecular flexibility index (Phi) is 7.94. The molecule has 5 rings (SSSR count). The van der Waals surface area contributed by atoms with Gasteiger partial charge in [-0.15, -0.1) is 10.2 Å². The molecule has 2 heterocycles. The van der Waals surface area contributed by atoms with Crippen LogP contribution in [0.15, 0.2) is 79.1 Å². The van der Waals surface area contributed by atoms with Crippen LogP contribution in [0.5, 0.6) is 5.75 Å². The number of primary amides is 1. The predicted molar refractivity (Wildman–Crippen MR) is 140 cm³/mol. The molecule has 14 heteroatoms. The van der Waals surface area contributed by atoms with Gasteiger partial charge in [0.25, 0.3) is 0 Å². The van der Waals surface area contributed by atoms with Crippen molar-refractivity contribution in [2.75, 3.05) is 23.8 Å². The Morgan fingerprint density at radius 2 is 1.82 bits per heavy atom. The summed E-state index contributed by atoms with van der Waals surface area (Å²) in [5, 5.41) is 17.7. The second-order valence-electron chi connectivity index (χ2n) is 8.34. The molecule has 1 aliphatic rings. The lowest BCUT2D eigenvalue weighted by molar-refractivity contribution is -0.279. The van der Waals surface area contributed by atoms with Crippen LogP contribution in [-0.4, -0.2) is 56.8 Å². The molecule has 1 unspecified atom stereocenters. The maximum atomic E-state index is 13.4. The smallest absolute Gasteiger partial charge is 0.409 e. The Bertz CT molecular complexity index is 1410. The molecular weight excluding hydrogens is 528 g/mol. The molecule has 4 aromatic rings. The summed E-state index contributed by atoms with van der Waals surface area (Å²) in [5.41, 5.74) is 7.69. The van der Waals surface area contributed by atoms with Gasteiger partial charge >= 0.3 is 6.09 Å². The van der Waals surface area contributed by atoms with Gasteiger partial charge in [0, 0.05) is 10.7 Å². The maximum absolute atomic E-state index is 13.4. The number of ether oxygens (including phenoxy) is 1. The normalized spacial score (nSPS) is 14.5. The van der Waals surface area contributed by atoms with Crippen LogP contribution in [-0.2, 0) is 20.9 Å². The second-order valence-corrected chi connectivity index (χ2v) is 8.78. The van der Waals surface area contributed by atoms with Crippen LogP contribution in [0.2, 0.25) is 5.02 Å². The van der Waals surface area contributed by atoms with E-state index >= 15 is 0 Å². The molecule has 13 nitrogen and oxygen atoms in total. The lowest BCUT2D eigenvalue weighted by atomic mass is 10.0. The second kappa shape index (κ2) is 11.9. The highest BCUT2D eigenvalue weighted by atomic mass is 35.5. The van der Waals surface area contributed by atoms with Crippen LogP contribution in [0.1, 0.15) is 5.56 Å². The molecule has 1 saturated heterocycles. The van der Waals surface area contributed by atoms with E-state index in [1.54, 1.807) is 30.3 Å². The van der Waals surface area contributed by atoms with Crippen molar-refractivity contribution in [2.24, 2.45) is 5.73 Å². The van der Waals surface area contributed by atoms with Gasteiger partial charge in [0.05, 0.1) is 11.4 Å². The number of nitrogens with zero attached hydrogens (tertiary/aromatic N) is 6.